The van der Waals surface area contributed by atoms with Gasteiger partial charge in [-0.2, -0.15) is 9.49 Å². The molecule has 2 amide bonds. The first-order chi connectivity index (χ1) is 18.1. The van der Waals surface area contributed by atoms with E-state index < -0.39 is 67.5 Å². The van der Waals surface area contributed by atoms with Gasteiger partial charge in [-0.3, -0.25) is 14.6 Å². The second-order valence-electron chi connectivity index (χ2n) is 9.16. The van der Waals surface area contributed by atoms with Crippen molar-refractivity contribution in [2.24, 2.45) is 16.8 Å². The largest absolute Gasteiger partial charge is 0.387 e. The van der Waals surface area contributed by atoms with Crippen molar-refractivity contribution in [1.82, 2.24) is 20.2 Å². The van der Waals surface area contributed by atoms with Crippen molar-refractivity contribution in [3.05, 3.63) is 65.2 Å². The van der Waals surface area contributed by atoms with Gasteiger partial charge in [0.25, 0.3) is 6.43 Å². The third kappa shape index (κ3) is 5.70. The third-order valence-corrected chi connectivity index (χ3v) is 6.55. The lowest BCUT2D eigenvalue weighted by atomic mass is 10.0. The number of aliphatic hydroxyl groups excluding tert-OH is 1. The molecule has 4 atom stereocenters. The monoisotopic (exact) mass is 537 g/mol. The number of amidine groups is 1. The van der Waals surface area contributed by atoms with E-state index >= 15 is 0 Å². The number of aromatic nitrogens is 1. The summed E-state index contributed by atoms with van der Waals surface area (Å²) in [6, 6.07) is 8.89. The van der Waals surface area contributed by atoms with Gasteiger partial charge in [0.15, 0.2) is 0 Å². The van der Waals surface area contributed by atoms with E-state index in [1.54, 1.807) is 42.5 Å². The maximum atomic E-state index is 14.8. The van der Waals surface area contributed by atoms with Crippen LogP contribution in [0.15, 0.2) is 47.6 Å². The molecule has 2 fully saturated rings. The Balaban J connectivity index is 1.58. The van der Waals surface area contributed by atoms with Gasteiger partial charge in [-0.1, -0.05) is 36.4 Å². The van der Waals surface area contributed by atoms with Crippen LogP contribution in [0.2, 0.25) is 0 Å². The molecule has 0 radical (unpaired) electrons. The molecule has 1 saturated heterocycles. The van der Waals surface area contributed by atoms with Crippen molar-refractivity contribution in [1.29, 1.82) is 0 Å². The fourth-order valence-electron chi connectivity index (χ4n) is 4.44. The molecule has 10 nitrogen and oxygen atoms in total. The van der Waals surface area contributed by atoms with Crippen LogP contribution in [-0.4, -0.2) is 75.5 Å². The van der Waals surface area contributed by atoms with Crippen LogP contribution in [0.5, 0.6) is 0 Å². The number of aliphatic hydroxyl groups is 1. The van der Waals surface area contributed by atoms with Crippen molar-refractivity contribution in [3.63, 3.8) is 0 Å². The maximum Gasteiger partial charge on any atom is 0.298 e. The number of nitrogens with two attached hydrogens (primary N) is 2. The van der Waals surface area contributed by atoms with Crippen LogP contribution in [-0.2, 0) is 9.59 Å². The minimum Gasteiger partial charge on any atom is -0.387 e. The number of nitrogens with one attached hydrogen (secondary N) is 1. The summed E-state index contributed by atoms with van der Waals surface area (Å²) in [7, 11) is 0. The van der Waals surface area contributed by atoms with Crippen LogP contribution in [0, 0.1) is 5.95 Å². The number of hydrazine groups is 1. The van der Waals surface area contributed by atoms with Crippen molar-refractivity contribution < 1.29 is 32.3 Å². The quantitative estimate of drug-likeness (QED) is 0.0977. The minimum atomic E-state index is -3.19. The Morgan fingerprint density at radius 3 is 2.47 bits per heavy atom. The molecule has 14 heteroatoms. The van der Waals surface area contributed by atoms with Crippen molar-refractivity contribution >= 4 is 17.6 Å². The number of rotatable bonds is 8. The molecule has 2 aliphatic rings. The second-order valence-corrected chi connectivity index (χ2v) is 9.16. The molecule has 4 rings (SSSR count). The molecule has 2 heterocycles. The number of likely N-dealkylation sites (tertiary alicyclic amines) is 1. The highest BCUT2D eigenvalue weighted by Crippen LogP contribution is 2.41. The average Bonchev–Trinajstić information content (AvgIpc) is 3.67. The number of halogens is 4. The molecule has 2 aromatic rings. The first-order valence-corrected chi connectivity index (χ1v) is 11.8. The van der Waals surface area contributed by atoms with Gasteiger partial charge in [-0.25, -0.2) is 24.0 Å². The Hall–Kier alpha value is -3.78. The molecule has 38 heavy (non-hydrogen) atoms. The van der Waals surface area contributed by atoms with Crippen LogP contribution in [0.4, 0.5) is 17.6 Å². The van der Waals surface area contributed by atoms with Crippen LogP contribution in [0.25, 0.3) is 0 Å². The van der Waals surface area contributed by atoms with Gasteiger partial charge < -0.3 is 21.2 Å². The van der Waals surface area contributed by atoms with Gasteiger partial charge in [0.2, 0.25) is 23.6 Å². The summed E-state index contributed by atoms with van der Waals surface area (Å²) in [5.74, 6) is 6.72. The summed E-state index contributed by atoms with van der Waals surface area (Å²) < 4.78 is 55.3. The minimum absolute atomic E-state index is 0.105. The highest BCUT2D eigenvalue weighted by molar-refractivity contribution is 5.93. The maximum absolute atomic E-state index is 14.8. The molecule has 204 valence electrons. The molecule has 1 aromatic carbocycles. The molecular formula is C24H27F4N7O3. The zero-order valence-electron chi connectivity index (χ0n) is 20.1. The lowest BCUT2D eigenvalue weighted by Crippen LogP contribution is -2.55. The van der Waals surface area contributed by atoms with E-state index in [1.807, 2.05) is 0 Å². The topological polar surface area (TPSA) is 150 Å². The molecule has 6 N–H and O–H groups in total. The van der Waals surface area contributed by atoms with Gasteiger partial charge in [0.05, 0.1) is 18.3 Å². The Morgan fingerprint density at radius 2 is 1.89 bits per heavy atom. The zero-order valence-corrected chi connectivity index (χ0v) is 20.1. The van der Waals surface area contributed by atoms with Crippen molar-refractivity contribution in [2.75, 3.05) is 13.1 Å². The molecule has 1 saturated carbocycles. The van der Waals surface area contributed by atoms with E-state index in [2.05, 4.69) is 15.4 Å². The number of hydrogen-bond acceptors (Lipinski definition) is 7. The predicted molar refractivity (Wildman–Crippen MR) is 128 cm³/mol. The van der Waals surface area contributed by atoms with E-state index in [9.17, 15) is 32.3 Å². The standard InChI is InChI=1S/C24H27F4N7O3/c25-15-10-34(17(36)11-35(30)23(33-29)21(26)27)19(20(15)37)24(38)32-18(13-4-2-1-3-5-13)16-9-8-14(12-6-7-12)22(28)31-16/h1-5,8-9,12,15,18-21,37H,6-7,10-11,29-30H2,(H,32,38)/b33-23-/t15-,18-,19-,20+/m0/s1. The smallest absolute Gasteiger partial charge is 0.298 e. The highest BCUT2D eigenvalue weighted by atomic mass is 19.3. The second kappa shape index (κ2) is 11.3. The number of hydrazone groups is 1. The fourth-order valence-corrected chi connectivity index (χ4v) is 4.44. The highest BCUT2D eigenvalue weighted by Gasteiger charge is 2.48. The van der Waals surface area contributed by atoms with Gasteiger partial charge in [-0.05, 0) is 30.4 Å². The number of hydrogen-bond donors (Lipinski definition) is 4. The third-order valence-electron chi connectivity index (χ3n) is 6.55. The number of pyridine rings is 1. The summed E-state index contributed by atoms with van der Waals surface area (Å²) in [6.07, 6.45) is -5.38. The van der Waals surface area contributed by atoms with Crippen LogP contribution >= 0.6 is 0 Å². The first kappa shape index (κ1) is 27.3. The summed E-state index contributed by atoms with van der Waals surface area (Å²) in [6.45, 7) is -1.60. The summed E-state index contributed by atoms with van der Waals surface area (Å²) in [5, 5.41) is 16.2. The summed E-state index contributed by atoms with van der Waals surface area (Å²) in [5.41, 5.74) is 1.15. The predicted octanol–water partition coefficient (Wildman–Crippen LogP) is 0.927. The van der Waals surface area contributed by atoms with Gasteiger partial charge in [-0.15, -0.1) is 0 Å². The zero-order chi connectivity index (χ0) is 27.6. The molecule has 1 aromatic heterocycles. The molecule has 1 aliphatic carbocycles. The molecule has 0 bridgehead atoms. The average molecular weight is 538 g/mol. The SMILES string of the molecule is N/N=C(/C(F)F)N(N)CC(=O)N1C[C@H](F)[C@@H](O)[C@H]1C(=O)N[C@@H](c1ccccc1)c1ccc(C2CC2)c(F)n1. The Morgan fingerprint density at radius 1 is 1.21 bits per heavy atom. The van der Waals surface area contributed by atoms with Crippen LogP contribution in [0.3, 0.4) is 0 Å². The van der Waals surface area contributed by atoms with E-state index in [-0.39, 0.29) is 16.6 Å². The number of nitrogens with zero attached hydrogens (tertiary/aromatic N) is 4. The lowest BCUT2D eigenvalue weighted by molar-refractivity contribution is -0.141. The Bertz CT molecular complexity index is 1200. The number of amides is 2. The van der Waals surface area contributed by atoms with E-state index in [4.69, 9.17) is 11.7 Å². The number of benzene rings is 1. The van der Waals surface area contributed by atoms with Crippen LogP contribution in [0.1, 0.15) is 41.6 Å². The Kier molecular flexibility index (Phi) is 8.11. The van der Waals surface area contributed by atoms with Gasteiger partial charge in [0, 0.05) is 5.56 Å². The molecular weight excluding hydrogens is 510 g/mol. The van der Waals surface area contributed by atoms with Crippen LogP contribution < -0.4 is 17.0 Å². The molecule has 0 spiro atoms. The first-order valence-electron chi connectivity index (χ1n) is 11.8. The lowest BCUT2D eigenvalue weighted by Gasteiger charge is -2.29. The molecule has 1 aliphatic heterocycles. The van der Waals surface area contributed by atoms with Gasteiger partial charge in [0.1, 0.15) is 24.9 Å². The molecule has 0 unspecified atom stereocenters. The van der Waals surface area contributed by atoms with Crippen molar-refractivity contribution in [2.45, 2.75) is 49.5 Å². The normalized spacial score (nSPS) is 22.4. The summed E-state index contributed by atoms with van der Waals surface area (Å²) in [4.78, 5) is 30.9. The number of carbonyl (C=O) groups excluding carboxylic acids is 2. The van der Waals surface area contributed by atoms with Gasteiger partial charge >= 0.3 is 0 Å². The fraction of sp³-hybridized carbons (Fsp3) is 0.417. The Labute approximate surface area is 215 Å². The van der Waals surface area contributed by atoms with Crippen molar-refractivity contribution in [3.8, 4) is 0 Å². The van der Waals surface area contributed by atoms with E-state index in [0.717, 1.165) is 12.8 Å². The number of carbonyl (C=O) groups is 2. The summed E-state index contributed by atoms with van der Waals surface area (Å²) >= 11 is 0. The van der Waals surface area contributed by atoms with E-state index in [0.29, 0.717) is 16.0 Å². The number of alkyl halides is 3. The van der Waals surface area contributed by atoms with E-state index in [1.165, 1.54) is 0 Å².